The summed E-state index contributed by atoms with van der Waals surface area (Å²) in [6.07, 6.45) is 1.66. The third-order valence-electron chi connectivity index (χ3n) is 3.48. The smallest absolute Gasteiger partial charge is 0.303 e. The van der Waals surface area contributed by atoms with Crippen molar-refractivity contribution >= 4 is 21.7 Å². The topological polar surface area (TPSA) is 91.8 Å². The first-order valence-corrected chi connectivity index (χ1v) is 7.65. The van der Waals surface area contributed by atoms with Gasteiger partial charge in [0.25, 0.3) is 0 Å². The SMILES string of the molecule is CC(C)(C(=O)N1CCC(CC(=O)O)C1)S(C)(=O)=O. The van der Waals surface area contributed by atoms with Gasteiger partial charge in [0.15, 0.2) is 9.84 Å². The first-order chi connectivity index (χ1) is 8.05. The molecule has 1 heterocycles. The maximum absolute atomic E-state index is 12.1. The number of carboxylic acid groups (broad SMARTS) is 1. The lowest BCUT2D eigenvalue weighted by Crippen LogP contribution is -2.48. The fraction of sp³-hybridized carbons (Fsp3) is 0.818. The van der Waals surface area contributed by atoms with Gasteiger partial charge in [-0.3, -0.25) is 9.59 Å². The summed E-state index contributed by atoms with van der Waals surface area (Å²) in [7, 11) is -3.49. The summed E-state index contributed by atoms with van der Waals surface area (Å²) in [5.74, 6) is -1.42. The Bertz CT molecular complexity index is 454. The standard InChI is InChI=1S/C11H19NO5S/c1-11(2,18(3,16)17)10(15)12-5-4-8(7-12)6-9(13)14/h8H,4-7H2,1-3H3,(H,13,14). The van der Waals surface area contributed by atoms with Crippen molar-refractivity contribution in [3.05, 3.63) is 0 Å². The molecule has 1 N–H and O–H groups in total. The van der Waals surface area contributed by atoms with E-state index in [4.69, 9.17) is 5.11 Å². The molecule has 1 aliphatic heterocycles. The van der Waals surface area contributed by atoms with Gasteiger partial charge in [-0.1, -0.05) is 0 Å². The fourth-order valence-corrected chi connectivity index (χ4v) is 2.42. The number of likely N-dealkylation sites (tertiary alicyclic amines) is 1. The van der Waals surface area contributed by atoms with Crippen LogP contribution in [0.25, 0.3) is 0 Å². The Morgan fingerprint density at radius 1 is 1.39 bits per heavy atom. The van der Waals surface area contributed by atoms with Gasteiger partial charge in [-0.05, 0) is 26.2 Å². The molecule has 1 atom stereocenters. The first-order valence-electron chi connectivity index (χ1n) is 5.76. The third kappa shape index (κ3) is 3.01. The molecule has 0 bridgehead atoms. The van der Waals surface area contributed by atoms with Crippen LogP contribution in [0.4, 0.5) is 0 Å². The number of amides is 1. The number of carboxylic acids is 1. The van der Waals surface area contributed by atoms with Crippen molar-refractivity contribution in [3.63, 3.8) is 0 Å². The lowest BCUT2D eigenvalue weighted by molar-refractivity contribution is -0.138. The predicted molar refractivity (Wildman–Crippen MR) is 65.9 cm³/mol. The van der Waals surface area contributed by atoms with Crippen LogP contribution in [0.3, 0.4) is 0 Å². The third-order valence-corrected chi connectivity index (χ3v) is 5.51. The van der Waals surface area contributed by atoms with Gasteiger partial charge in [0, 0.05) is 25.8 Å². The minimum Gasteiger partial charge on any atom is -0.481 e. The molecule has 1 unspecified atom stereocenters. The molecule has 18 heavy (non-hydrogen) atoms. The summed E-state index contributed by atoms with van der Waals surface area (Å²) in [4.78, 5) is 24.2. The molecule has 1 amide bonds. The van der Waals surface area contributed by atoms with Gasteiger partial charge in [-0.25, -0.2) is 8.42 Å². The Labute approximate surface area is 107 Å². The van der Waals surface area contributed by atoms with Crippen LogP contribution in [0.15, 0.2) is 0 Å². The largest absolute Gasteiger partial charge is 0.481 e. The molecule has 1 saturated heterocycles. The van der Waals surface area contributed by atoms with Crippen LogP contribution >= 0.6 is 0 Å². The van der Waals surface area contributed by atoms with Crippen LogP contribution in [-0.4, -0.2) is 54.4 Å². The van der Waals surface area contributed by atoms with Crippen molar-refractivity contribution in [2.45, 2.75) is 31.4 Å². The average molecular weight is 277 g/mol. The number of carbonyl (C=O) groups is 2. The minimum absolute atomic E-state index is 0.0169. The molecule has 7 heteroatoms. The highest BCUT2D eigenvalue weighted by atomic mass is 32.2. The van der Waals surface area contributed by atoms with Crippen molar-refractivity contribution in [3.8, 4) is 0 Å². The van der Waals surface area contributed by atoms with Crippen LogP contribution in [0.2, 0.25) is 0 Å². The molecule has 1 rings (SSSR count). The number of nitrogens with zero attached hydrogens (tertiary/aromatic N) is 1. The van der Waals surface area contributed by atoms with E-state index in [-0.39, 0.29) is 12.3 Å². The van der Waals surface area contributed by atoms with Crippen molar-refractivity contribution in [2.75, 3.05) is 19.3 Å². The molecule has 6 nitrogen and oxygen atoms in total. The van der Waals surface area contributed by atoms with Crippen LogP contribution in [0.1, 0.15) is 26.7 Å². The van der Waals surface area contributed by atoms with Crippen molar-refractivity contribution < 1.29 is 23.1 Å². The normalized spacial score (nSPS) is 21.1. The summed E-state index contributed by atoms with van der Waals surface area (Å²) in [5.41, 5.74) is 0. The van der Waals surface area contributed by atoms with E-state index < -0.39 is 26.5 Å². The Kier molecular flexibility index (Phi) is 4.05. The average Bonchev–Trinajstić information content (AvgIpc) is 2.62. The molecule has 0 saturated carbocycles. The van der Waals surface area contributed by atoms with E-state index in [2.05, 4.69) is 0 Å². The fourth-order valence-electron chi connectivity index (χ4n) is 1.97. The zero-order chi connectivity index (χ0) is 14.1. The second-order valence-electron chi connectivity index (χ2n) is 5.29. The highest BCUT2D eigenvalue weighted by Crippen LogP contribution is 2.25. The highest BCUT2D eigenvalue weighted by molar-refractivity contribution is 7.92. The molecule has 0 aromatic carbocycles. The van der Waals surface area contributed by atoms with Crippen molar-refractivity contribution in [1.29, 1.82) is 0 Å². The quantitative estimate of drug-likeness (QED) is 0.788. The second kappa shape index (κ2) is 4.87. The Morgan fingerprint density at radius 2 is 1.94 bits per heavy atom. The van der Waals surface area contributed by atoms with Gasteiger partial charge in [-0.15, -0.1) is 0 Å². The van der Waals surface area contributed by atoms with Crippen LogP contribution in [0, 0.1) is 5.92 Å². The van der Waals surface area contributed by atoms with Crippen LogP contribution in [-0.2, 0) is 19.4 Å². The second-order valence-corrected chi connectivity index (χ2v) is 7.85. The van der Waals surface area contributed by atoms with E-state index in [0.717, 1.165) is 6.26 Å². The monoisotopic (exact) mass is 277 g/mol. The molecule has 0 radical (unpaired) electrons. The zero-order valence-electron chi connectivity index (χ0n) is 10.8. The maximum Gasteiger partial charge on any atom is 0.303 e. The molecule has 0 aliphatic carbocycles. The van der Waals surface area contributed by atoms with Crippen molar-refractivity contribution in [2.24, 2.45) is 5.92 Å². The molecule has 1 fully saturated rings. The molecule has 1 aliphatic rings. The molecule has 0 aromatic rings. The minimum atomic E-state index is -3.49. The van der Waals surface area contributed by atoms with Crippen molar-refractivity contribution in [1.82, 2.24) is 4.90 Å². The van der Waals surface area contributed by atoms with E-state index in [1.807, 2.05) is 0 Å². The highest BCUT2D eigenvalue weighted by Gasteiger charge is 2.43. The zero-order valence-corrected chi connectivity index (χ0v) is 11.7. The van der Waals surface area contributed by atoms with E-state index in [0.29, 0.717) is 19.5 Å². The van der Waals surface area contributed by atoms with Gasteiger partial charge in [0.05, 0.1) is 0 Å². The molecule has 0 aromatic heterocycles. The van der Waals surface area contributed by atoms with Gasteiger partial charge in [0.2, 0.25) is 5.91 Å². The van der Waals surface area contributed by atoms with Crippen LogP contribution < -0.4 is 0 Å². The number of sulfone groups is 1. The Morgan fingerprint density at radius 3 is 2.39 bits per heavy atom. The van der Waals surface area contributed by atoms with Crippen LogP contribution in [0.5, 0.6) is 0 Å². The Hall–Kier alpha value is -1.11. The van der Waals surface area contributed by atoms with Gasteiger partial charge in [0.1, 0.15) is 4.75 Å². The van der Waals surface area contributed by atoms with E-state index in [1.165, 1.54) is 18.7 Å². The lowest BCUT2D eigenvalue weighted by Gasteiger charge is -2.27. The number of hydrogen-bond donors (Lipinski definition) is 1. The first kappa shape index (κ1) is 14.9. The molecule has 104 valence electrons. The van der Waals surface area contributed by atoms with E-state index in [1.54, 1.807) is 0 Å². The number of carbonyl (C=O) groups excluding carboxylic acids is 1. The van der Waals surface area contributed by atoms with E-state index >= 15 is 0 Å². The van der Waals surface area contributed by atoms with E-state index in [9.17, 15) is 18.0 Å². The van der Waals surface area contributed by atoms with Gasteiger partial charge >= 0.3 is 5.97 Å². The molecular formula is C11H19NO5S. The number of hydrogen-bond acceptors (Lipinski definition) is 4. The summed E-state index contributed by atoms with van der Waals surface area (Å²) >= 11 is 0. The molecule has 0 spiro atoms. The predicted octanol–water partition coefficient (Wildman–Crippen LogP) is 0.133. The van der Waals surface area contributed by atoms with Gasteiger partial charge in [-0.2, -0.15) is 0 Å². The summed E-state index contributed by atoms with van der Waals surface area (Å²) < 4.78 is 21.7. The Balaban J connectivity index is 2.74. The maximum atomic E-state index is 12.1. The summed E-state index contributed by atoms with van der Waals surface area (Å²) in [6.45, 7) is 3.52. The van der Waals surface area contributed by atoms with Gasteiger partial charge < -0.3 is 10.0 Å². The summed E-state index contributed by atoms with van der Waals surface area (Å²) in [5, 5.41) is 8.69. The number of rotatable bonds is 4. The number of aliphatic carboxylic acids is 1. The lowest BCUT2D eigenvalue weighted by atomic mass is 10.1. The summed E-state index contributed by atoms with van der Waals surface area (Å²) in [6, 6.07) is 0. The molecular weight excluding hydrogens is 258 g/mol.